The van der Waals surface area contributed by atoms with Gasteiger partial charge in [-0.3, -0.25) is 4.79 Å². The van der Waals surface area contributed by atoms with Gasteiger partial charge in [0.2, 0.25) is 5.91 Å². The Labute approximate surface area is 183 Å². The SMILES string of the molecule is C[C@H](NC(=O)[C@H]1CN(C(=O)OC(C)(C)C)C[C@@H]1c1ccc(Cl)cc1)c1ccccc1. The van der Waals surface area contributed by atoms with E-state index < -0.39 is 11.7 Å². The Hall–Kier alpha value is -2.53. The summed E-state index contributed by atoms with van der Waals surface area (Å²) in [5.41, 5.74) is 1.43. The van der Waals surface area contributed by atoms with Crippen LogP contribution in [-0.4, -0.2) is 35.6 Å². The van der Waals surface area contributed by atoms with Gasteiger partial charge in [0.05, 0.1) is 12.0 Å². The predicted molar refractivity (Wildman–Crippen MR) is 118 cm³/mol. The Morgan fingerprint density at radius 1 is 1.07 bits per heavy atom. The molecule has 1 aliphatic rings. The van der Waals surface area contributed by atoms with Gasteiger partial charge in [-0.1, -0.05) is 54.1 Å². The molecule has 160 valence electrons. The Balaban J connectivity index is 1.79. The van der Waals surface area contributed by atoms with Crippen molar-refractivity contribution < 1.29 is 14.3 Å². The quantitative estimate of drug-likeness (QED) is 0.730. The number of carbonyl (C=O) groups is 2. The molecule has 1 aliphatic heterocycles. The van der Waals surface area contributed by atoms with Crippen LogP contribution < -0.4 is 5.32 Å². The highest BCUT2D eigenvalue weighted by Crippen LogP contribution is 2.34. The number of halogens is 1. The van der Waals surface area contributed by atoms with E-state index in [1.165, 1.54) is 0 Å². The molecule has 3 rings (SSSR count). The van der Waals surface area contributed by atoms with Gasteiger partial charge < -0.3 is 15.0 Å². The lowest BCUT2D eigenvalue weighted by Gasteiger charge is -2.24. The van der Waals surface area contributed by atoms with Crippen LogP contribution in [0.2, 0.25) is 5.02 Å². The maximum absolute atomic E-state index is 13.2. The number of hydrogen-bond donors (Lipinski definition) is 1. The van der Waals surface area contributed by atoms with Gasteiger partial charge in [-0.05, 0) is 51.0 Å². The minimum absolute atomic E-state index is 0.0719. The summed E-state index contributed by atoms with van der Waals surface area (Å²) in [4.78, 5) is 27.5. The monoisotopic (exact) mass is 428 g/mol. The lowest BCUT2D eigenvalue weighted by Crippen LogP contribution is -2.38. The third-order valence-corrected chi connectivity index (χ3v) is 5.52. The van der Waals surface area contributed by atoms with Crippen molar-refractivity contribution in [2.45, 2.75) is 45.3 Å². The number of nitrogens with one attached hydrogen (secondary N) is 1. The fourth-order valence-corrected chi connectivity index (χ4v) is 3.86. The standard InChI is InChI=1S/C24H29ClN2O3/c1-16(17-8-6-5-7-9-17)26-22(28)21-15-27(23(29)30-24(2,3)4)14-20(21)18-10-12-19(25)13-11-18/h5-13,16,20-21H,14-15H2,1-4H3,(H,26,28)/t16-,20+,21-/m0/s1. The van der Waals surface area contributed by atoms with Crippen LogP contribution in [0.5, 0.6) is 0 Å². The minimum atomic E-state index is -0.588. The number of benzene rings is 2. The first-order valence-corrected chi connectivity index (χ1v) is 10.6. The van der Waals surface area contributed by atoms with E-state index in [0.29, 0.717) is 18.1 Å². The van der Waals surface area contributed by atoms with Crippen molar-refractivity contribution in [1.29, 1.82) is 0 Å². The summed E-state index contributed by atoms with van der Waals surface area (Å²) in [6.45, 7) is 8.21. The van der Waals surface area contributed by atoms with Crippen LogP contribution >= 0.6 is 11.6 Å². The zero-order valence-corrected chi connectivity index (χ0v) is 18.6. The number of nitrogens with zero attached hydrogens (tertiary/aromatic N) is 1. The second-order valence-electron chi connectivity index (χ2n) is 8.79. The summed E-state index contributed by atoms with van der Waals surface area (Å²) in [5.74, 6) is -0.569. The molecule has 30 heavy (non-hydrogen) atoms. The average Bonchev–Trinajstić information content (AvgIpc) is 3.14. The molecule has 6 heteroatoms. The molecule has 1 heterocycles. The highest BCUT2D eigenvalue weighted by atomic mass is 35.5. The van der Waals surface area contributed by atoms with Crippen molar-refractivity contribution in [2.75, 3.05) is 13.1 Å². The molecule has 0 saturated carbocycles. The fraction of sp³-hybridized carbons (Fsp3) is 0.417. The summed E-state index contributed by atoms with van der Waals surface area (Å²) in [5, 5.41) is 3.75. The first-order chi connectivity index (χ1) is 14.1. The molecule has 2 aromatic carbocycles. The first kappa shape index (κ1) is 22.2. The molecule has 2 aromatic rings. The van der Waals surface area contributed by atoms with E-state index in [1.807, 2.05) is 82.3 Å². The van der Waals surface area contributed by atoms with Gasteiger partial charge in [0.25, 0.3) is 0 Å². The Morgan fingerprint density at radius 2 is 1.70 bits per heavy atom. The highest BCUT2D eigenvalue weighted by molar-refractivity contribution is 6.30. The molecule has 0 unspecified atom stereocenters. The maximum atomic E-state index is 13.2. The third-order valence-electron chi connectivity index (χ3n) is 5.26. The lowest BCUT2D eigenvalue weighted by atomic mass is 9.88. The van der Waals surface area contributed by atoms with Crippen LogP contribution in [0, 0.1) is 5.92 Å². The lowest BCUT2D eigenvalue weighted by molar-refractivity contribution is -0.125. The molecule has 1 saturated heterocycles. The molecule has 1 fully saturated rings. The molecule has 0 bridgehead atoms. The van der Waals surface area contributed by atoms with Crippen LogP contribution in [0.25, 0.3) is 0 Å². The van der Waals surface area contributed by atoms with Crippen molar-refractivity contribution >= 4 is 23.6 Å². The number of ether oxygens (including phenoxy) is 1. The van der Waals surface area contributed by atoms with E-state index in [2.05, 4.69) is 5.32 Å². The average molecular weight is 429 g/mol. The molecule has 3 atom stereocenters. The molecular weight excluding hydrogens is 400 g/mol. The second-order valence-corrected chi connectivity index (χ2v) is 9.23. The van der Waals surface area contributed by atoms with E-state index in [1.54, 1.807) is 4.90 Å². The maximum Gasteiger partial charge on any atom is 0.410 e. The van der Waals surface area contributed by atoms with Crippen molar-refractivity contribution in [1.82, 2.24) is 10.2 Å². The summed E-state index contributed by atoms with van der Waals surface area (Å²) >= 11 is 6.04. The van der Waals surface area contributed by atoms with Gasteiger partial charge in [0.1, 0.15) is 5.60 Å². The van der Waals surface area contributed by atoms with Gasteiger partial charge in [-0.15, -0.1) is 0 Å². The number of amides is 2. The van der Waals surface area contributed by atoms with Crippen LogP contribution in [0.3, 0.4) is 0 Å². The fourth-order valence-electron chi connectivity index (χ4n) is 3.74. The molecule has 5 nitrogen and oxygen atoms in total. The molecule has 0 aliphatic carbocycles. The summed E-state index contributed by atoms with van der Waals surface area (Å²) in [7, 11) is 0. The van der Waals surface area contributed by atoms with Gasteiger partial charge in [0, 0.05) is 24.0 Å². The number of likely N-dealkylation sites (tertiary alicyclic amines) is 1. The summed E-state index contributed by atoms with van der Waals surface area (Å²) < 4.78 is 5.54. The van der Waals surface area contributed by atoms with E-state index >= 15 is 0 Å². The van der Waals surface area contributed by atoms with Gasteiger partial charge in [-0.25, -0.2) is 4.79 Å². The Kier molecular flexibility index (Phi) is 6.71. The summed E-state index contributed by atoms with van der Waals surface area (Å²) in [6.07, 6.45) is -0.395. The highest BCUT2D eigenvalue weighted by Gasteiger charge is 2.42. The number of carbonyl (C=O) groups excluding carboxylic acids is 2. The van der Waals surface area contributed by atoms with E-state index in [4.69, 9.17) is 16.3 Å². The second kappa shape index (κ2) is 9.09. The molecule has 0 radical (unpaired) electrons. The zero-order valence-electron chi connectivity index (χ0n) is 17.9. The van der Waals surface area contributed by atoms with Gasteiger partial charge >= 0.3 is 6.09 Å². The molecule has 2 amide bonds. The number of hydrogen-bond acceptors (Lipinski definition) is 3. The van der Waals surface area contributed by atoms with Crippen molar-refractivity contribution in [3.63, 3.8) is 0 Å². The Bertz CT molecular complexity index is 878. The van der Waals surface area contributed by atoms with Crippen molar-refractivity contribution in [3.8, 4) is 0 Å². The van der Waals surface area contributed by atoms with E-state index in [0.717, 1.165) is 11.1 Å². The van der Waals surface area contributed by atoms with Crippen LogP contribution in [0.1, 0.15) is 50.8 Å². The summed E-state index contributed by atoms with van der Waals surface area (Å²) in [6, 6.07) is 17.2. The third kappa shape index (κ3) is 5.54. The van der Waals surface area contributed by atoms with Gasteiger partial charge in [-0.2, -0.15) is 0 Å². The van der Waals surface area contributed by atoms with E-state index in [-0.39, 0.29) is 23.8 Å². The molecule has 0 spiro atoms. The van der Waals surface area contributed by atoms with Crippen LogP contribution in [-0.2, 0) is 9.53 Å². The smallest absolute Gasteiger partial charge is 0.410 e. The topological polar surface area (TPSA) is 58.6 Å². The minimum Gasteiger partial charge on any atom is -0.444 e. The zero-order chi connectivity index (χ0) is 21.9. The van der Waals surface area contributed by atoms with Crippen molar-refractivity contribution in [2.24, 2.45) is 5.92 Å². The largest absolute Gasteiger partial charge is 0.444 e. The van der Waals surface area contributed by atoms with Gasteiger partial charge in [0.15, 0.2) is 0 Å². The van der Waals surface area contributed by atoms with E-state index in [9.17, 15) is 9.59 Å². The molecule has 0 aromatic heterocycles. The normalized spacial score (nSPS) is 20.0. The van der Waals surface area contributed by atoms with Crippen molar-refractivity contribution in [3.05, 3.63) is 70.7 Å². The van der Waals surface area contributed by atoms with Crippen LogP contribution in [0.15, 0.2) is 54.6 Å². The predicted octanol–water partition coefficient (Wildman–Crippen LogP) is 5.17. The first-order valence-electron chi connectivity index (χ1n) is 10.2. The number of rotatable bonds is 4. The Morgan fingerprint density at radius 3 is 2.30 bits per heavy atom. The molecular formula is C24H29ClN2O3. The van der Waals surface area contributed by atoms with Crippen LogP contribution in [0.4, 0.5) is 4.79 Å². The molecule has 1 N–H and O–H groups in total.